The fraction of sp³-hybridized carbons (Fsp3) is 0.250. The van der Waals surface area contributed by atoms with Crippen LogP contribution in [0.1, 0.15) is 27.1 Å². The average Bonchev–Trinajstić information content (AvgIpc) is 2.32. The van der Waals surface area contributed by atoms with Crippen molar-refractivity contribution in [3.05, 3.63) is 69.7 Å². The first-order chi connectivity index (χ1) is 8.56. The molecule has 0 aliphatic carbocycles. The highest BCUT2D eigenvalue weighted by atomic mass is 79.9. The third-order valence-corrected chi connectivity index (χ3v) is 4.31. The van der Waals surface area contributed by atoms with E-state index in [0.29, 0.717) is 4.83 Å². The second-order valence-corrected chi connectivity index (χ2v) is 6.18. The molecule has 0 saturated carbocycles. The van der Waals surface area contributed by atoms with Gasteiger partial charge in [0.1, 0.15) is 0 Å². The number of halogens is 2. The topological polar surface area (TPSA) is 0 Å². The van der Waals surface area contributed by atoms with Crippen molar-refractivity contribution < 1.29 is 0 Å². The largest absolute Gasteiger partial charge is 0.0840 e. The van der Waals surface area contributed by atoms with Crippen molar-refractivity contribution in [2.24, 2.45) is 0 Å². The molecule has 1 atom stereocenters. The molecule has 2 rings (SSSR count). The van der Waals surface area contributed by atoms with E-state index in [-0.39, 0.29) is 0 Å². The third-order valence-electron chi connectivity index (χ3n) is 3.05. The van der Waals surface area contributed by atoms with Crippen molar-refractivity contribution in [2.75, 3.05) is 0 Å². The summed E-state index contributed by atoms with van der Waals surface area (Å²) in [4.78, 5) is 0.303. The number of benzene rings is 2. The number of alkyl halides is 1. The summed E-state index contributed by atoms with van der Waals surface area (Å²) in [6, 6.07) is 14.9. The Morgan fingerprint density at radius 3 is 2.56 bits per heavy atom. The maximum absolute atomic E-state index is 6.17. The van der Waals surface area contributed by atoms with Crippen LogP contribution >= 0.6 is 27.5 Å². The van der Waals surface area contributed by atoms with Gasteiger partial charge in [-0.05, 0) is 43.0 Å². The van der Waals surface area contributed by atoms with Crippen molar-refractivity contribution in [2.45, 2.75) is 25.1 Å². The SMILES string of the molecule is Cc1cccc(CC(Br)c2ccc(C)c(Cl)c2)c1. The summed E-state index contributed by atoms with van der Waals surface area (Å²) in [7, 11) is 0. The van der Waals surface area contributed by atoms with Gasteiger partial charge in [-0.2, -0.15) is 0 Å². The predicted octanol–water partition coefficient (Wildman–Crippen LogP) is 5.64. The molecule has 0 nitrogen and oxygen atoms in total. The summed E-state index contributed by atoms with van der Waals surface area (Å²) in [6.45, 7) is 4.14. The van der Waals surface area contributed by atoms with Gasteiger partial charge in [0.15, 0.2) is 0 Å². The van der Waals surface area contributed by atoms with Crippen LogP contribution in [-0.4, -0.2) is 0 Å². The summed E-state index contributed by atoms with van der Waals surface area (Å²) < 4.78 is 0. The Labute approximate surface area is 122 Å². The lowest BCUT2D eigenvalue weighted by Crippen LogP contribution is -1.96. The lowest BCUT2D eigenvalue weighted by atomic mass is 10.0. The van der Waals surface area contributed by atoms with E-state index in [1.54, 1.807) is 0 Å². The van der Waals surface area contributed by atoms with E-state index in [1.807, 2.05) is 13.0 Å². The maximum Gasteiger partial charge on any atom is 0.0438 e. The standard InChI is InChI=1S/C16H16BrCl/c1-11-4-3-5-13(8-11)9-15(17)14-7-6-12(2)16(18)10-14/h3-8,10,15H,9H2,1-2H3. The monoisotopic (exact) mass is 322 g/mol. The molecule has 2 aromatic rings. The number of aryl methyl sites for hydroxylation is 2. The van der Waals surface area contributed by atoms with Gasteiger partial charge in [-0.1, -0.05) is 69.5 Å². The van der Waals surface area contributed by atoms with Gasteiger partial charge in [0.25, 0.3) is 0 Å². The molecule has 0 aliphatic heterocycles. The number of rotatable bonds is 3. The van der Waals surface area contributed by atoms with Gasteiger partial charge in [-0.15, -0.1) is 0 Å². The molecule has 0 fully saturated rings. The van der Waals surface area contributed by atoms with Gasteiger partial charge in [-0.25, -0.2) is 0 Å². The van der Waals surface area contributed by atoms with Crippen LogP contribution in [0, 0.1) is 13.8 Å². The molecule has 0 N–H and O–H groups in total. The number of hydrogen-bond donors (Lipinski definition) is 0. The molecule has 0 aliphatic rings. The highest BCUT2D eigenvalue weighted by Crippen LogP contribution is 2.30. The summed E-state index contributed by atoms with van der Waals surface area (Å²) in [5.41, 5.74) is 4.99. The van der Waals surface area contributed by atoms with Crippen molar-refractivity contribution in [3.63, 3.8) is 0 Å². The molecular weight excluding hydrogens is 308 g/mol. The van der Waals surface area contributed by atoms with Gasteiger partial charge in [0.05, 0.1) is 0 Å². The minimum Gasteiger partial charge on any atom is -0.0840 e. The summed E-state index contributed by atoms with van der Waals surface area (Å²) in [5.74, 6) is 0. The highest BCUT2D eigenvalue weighted by molar-refractivity contribution is 9.09. The molecule has 18 heavy (non-hydrogen) atoms. The minimum atomic E-state index is 0.303. The van der Waals surface area contributed by atoms with Crippen LogP contribution in [0.5, 0.6) is 0 Å². The smallest absolute Gasteiger partial charge is 0.0438 e. The molecule has 0 radical (unpaired) electrons. The second kappa shape index (κ2) is 5.90. The zero-order chi connectivity index (χ0) is 13.1. The first kappa shape index (κ1) is 13.6. The number of hydrogen-bond acceptors (Lipinski definition) is 0. The summed E-state index contributed by atoms with van der Waals surface area (Å²) >= 11 is 9.91. The van der Waals surface area contributed by atoms with E-state index < -0.39 is 0 Å². The third kappa shape index (κ3) is 3.37. The lowest BCUT2D eigenvalue weighted by Gasteiger charge is -2.12. The van der Waals surface area contributed by atoms with Gasteiger partial charge in [0, 0.05) is 9.85 Å². The molecule has 0 spiro atoms. The minimum absolute atomic E-state index is 0.303. The second-order valence-electron chi connectivity index (χ2n) is 4.67. The molecule has 1 unspecified atom stereocenters. The molecule has 0 bridgehead atoms. The van der Waals surface area contributed by atoms with Crippen LogP contribution in [0.4, 0.5) is 0 Å². The summed E-state index contributed by atoms with van der Waals surface area (Å²) in [5, 5.41) is 0.834. The zero-order valence-corrected chi connectivity index (χ0v) is 12.9. The fourth-order valence-electron chi connectivity index (χ4n) is 1.97. The van der Waals surface area contributed by atoms with E-state index in [0.717, 1.165) is 17.0 Å². The molecule has 0 saturated heterocycles. The van der Waals surface area contributed by atoms with Gasteiger partial charge in [-0.3, -0.25) is 0 Å². The van der Waals surface area contributed by atoms with Crippen molar-refractivity contribution in [1.29, 1.82) is 0 Å². The Hall–Kier alpha value is -0.790. The fourth-order valence-corrected chi connectivity index (χ4v) is 2.82. The van der Waals surface area contributed by atoms with E-state index >= 15 is 0 Å². The molecule has 2 aromatic carbocycles. The van der Waals surface area contributed by atoms with Gasteiger partial charge < -0.3 is 0 Å². The molecular formula is C16H16BrCl. The normalized spacial score (nSPS) is 12.4. The van der Waals surface area contributed by atoms with Crippen LogP contribution in [0.25, 0.3) is 0 Å². The Morgan fingerprint density at radius 2 is 1.89 bits per heavy atom. The van der Waals surface area contributed by atoms with Crippen molar-refractivity contribution in [3.8, 4) is 0 Å². The van der Waals surface area contributed by atoms with Gasteiger partial charge >= 0.3 is 0 Å². The van der Waals surface area contributed by atoms with Crippen molar-refractivity contribution in [1.82, 2.24) is 0 Å². The molecule has 0 aromatic heterocycles. The van der Waals surface area contributed by atoms with Crippen LogP contribution < -0.4 is 0 Å². The van der Waals surface area contributed by atoms with Crippen LogP contribution in [0.2, 0.25) is 5.02 Å². The van der Waals surface area contributed by atoms with E-state index in [4.69, 9.17) is 11.6 Å². The highest BCUT2D eigenvalue weighted by Gasteiger charge is 2.10. The van der Waals surface area contributed by atoms with Crippen LogP contribution in [-0.2, 0) is 6.42 Å². The van der Waals surface area contributed by atoms with E-state index in [9.17, 15) is 0 Å². The van der Waals surface area contributed by atoms with Gasteiger partial charge in [0.2, 0.25) is 0 Å². The first-order valence-corrected chi connectivity index (χ1v) is 7.31. The first-order valence-electron chi connectivity index (χ1n) is 6.02. The summed E-state index contributed by atoms with van der Waals surface area (Å²) in [6.07, 6.45) is 0.973. The molecule has 2 heteroatoms. The Bertz CT molecular complexity index is 549. The quantitative estimate of drug-likeness (QED) is 0.642. The van der Waals surface area contributed by atoms with Crippen LogP contribution in [0.15, 0.2) is 42.5 Å². The Morgan fingerprint density at radius 1 is 1.11 bits per heavy atom. The zero-order valence-electron chi connectivity index (χ0n) is 10.6. The molecule has 94 valence electrons. The average molecular weight is 324 g/mol. The van der Waals surface area contributed by atoms with Crippen LogP contribution in [0.3, 0.4) is 0 Å². The van der Waals surface area contributed by atoms with Crippen molar-refractivity contribution >= 4 is 27.5 Å². The Kier molecular flexibility index (Phi) is 4.47. The van der Waals surface area contributed by atoms with E-state index in [2.05, 4.69) is 59.3 Å². The molecule has 0 amide bonds. The molecule has 0 heterocycles. The van der Waals surface area contributed by atoms with E-state index in [1.165, 1.54) is 16.7 Å². The lowest BCUT2D eigenvalue weighted by molar-refractivity contribution is 0.946. The Balaban J connectivity index is 2.16. The predicted molar refractivity (Wildman–Crippen MR) is 82.7 cm³/mol. The maximum atomic E-state index is 6.17.